The molecule has 1 unspecified atom stereocenters. The van der Waals surface area contributed by atoms with Gasteiger partial charge in [0.25, 0.3) is 0 Å². The van der Waals surface area contributed by atoms with Gasteiger partial charge in [0.1, 0.15) is 30.2 Å². The van der Waals surface area contributed by atoms with Crippen LogP contribution in [0.15, 0.2) is 29.8 Å². The summed E-state index contributed by atoms with van der Waals surface area (Å²) in [6.45, 7) is 8.45. The van der Waals surface area contributed by atoms with Crippen LogP contribution in [0.2, 0.25) is 0 Å². The molecule has 50 heavy (non-hydrogen) atoms. The summed E-state index contributed by atoms with van der Waals surface area (Å²) in [6, 6.07) is 1.58. The molecular formula is C33H44N8O7S2. The Kier molecular flexibility index (Phi) is 12.6. The Bertz CT molecular complexity index is 1620. The van der Waals surface area contributed by atoms with Crippen molar-refractivity contribution >= 4 is 64.4 Å². The third kappa shape index (κ3) is 9.59. The quantitative estimate of drug-likeness (QED) is 0.253. The Balaban J connectivity index is 1.67. The molecule has 1 aromatic heterocycles. The lowest BCUT2D eigenvalue weighted by molar-refractivity contribution is -0.144. The zero-order valence-electron chi connectivity index (χ0n) is 28.7. The molecule has 15 nitrogen and oxygen atoms in total. The van der Waals surface area contributed by atoms with Gasteiger partial charge in [-0.3, -0.25) is 33.6 Å². The Morgan fingerprint density at radius 2 is 1.64 bits per heavy atom. The smallest absolute Gasteiger partial charge is 0.247 e. The number of fused-ring (bicyclic) bond motifs is 1. The van der Waals surface area contributed by atoms with Crippen LogP contribution in [0.5, 0.6) is 0 Å². The van der Waals surface area contributed by atoms with Crippen LogP contribution >= 0.6 is 23.1 Å². The van der Waals surface area contributed by atoms with Crippen molar-refractivity contribution in [2.45, 2.75) is 77.7 Å². The molecule has 2 fully saturated rings. The largest absolute Gasteiger partial charge is 0.368 e. The maximum atomic E-state index is 14.0. The van der Waals surface area contributed by atoms with Gasteiger partial charge in [0.15, 0.2) is 0 Å². The second kappa shape index (κ2) is 16.5. The van der Waals surface area contributed by atoms with Gasteiger partial charge in [-0.25, -0.2) is 4.98 Å². The molecule has 5 atom stereocenters. The molecule has 7 amide bonds. The second-order valence-electron chi connectivity index (χ2n) is 13.4. The van der Waals surface area contributed by atoms with Crippen LogP contribution in [0.1, 0.15) is 57.8 Å². The Labute approximate surface area is 298 Å². The number of hydrogen-bond donors (Lipinski definition) is 6. The number of primary amides is 1. The van der Waals surface area contributed by atoms with Crippen molar-refractivity contribution in [3.63, 3.8) is 0 Å². The molecule has 3 heterocycles. The Hall–Kier alpha value is -4.51. The van der Waals surface area contributed by atoms with Crippen LogP contribution in [-0.4, -0.2) is 100.0 Å². The number of thiazole rings is 1. The Morgan fingerprint density at radius 3 is 2.26 bits per heavy atom. The third-order valence-electron chi connectivity index (χ3n) is 8.43. The first kappa shape index (κ1) is 38.3. The van der Waals surface area contributed by atoms with Gasteiger partial charge in [-0.15, -0.1) is 23.1 Å². The summed E-state index contributed by atoms with van der Waals surface area (Å²) in [5, 5.41) is 13.1. The third-order valence-corrected chi connectivity index (χ3v) is 10.4. The predicted octanol–water partition coefficient (Wildman–Crippen LogP) is 0.136. The zero-order chi connectivity index (χ0) is 36.7. The number of amides is 7. The summed E-state index contributed by atoms with van der Waals surface area (Å²) in [4.78, 5) is 99.0. The maximum Gasteiger partial charge on any atom is 0.247 e. The molecule has 0 spiro atoms. The fourth-order valence-corrected chi connectivity index (χ4v) is 7.34. The van der Waals surface area contributed by atoms with E-state index in [0.717, 1.165) is 27.9 Å². The highest BCUT2D eigenvalue weighted by Gasteiger charge is 2.43. The number of carbonyl (C=O) groups excluding carboxylic acids is 7. The summed E-state index contributed by atoms with van der Waals surface area (Å²) in [7, 11) is 0. The summed E-state index contributed by atoms with van der Waals surface area (Å²) in [6.07, 6.45) is 0.867. The fourth-order valence-electron chi connectivity index (χ4n) is 5.66. The van der Waals surface area contributed by atoms with E-state index in [1.807, 2.05) is 19.1 Å². The highest BCUT2D eigenvalue weighted by molar-refractivity contribution is 8.00. The van der Waals surface area contributed by atoms with Crippen molar-refractivity contribution < 1.29 is 33.6 Å². The number of hydrogen-bond acceptors (Lipinski definition) is 10. The van der Waals surface area contributed by atoms with Gasteiger partial charge in [-0.1, -0.05) is 45.0 Å². The first-order valence-electron chi connectivity index (χ1n) is 16.2. The minimum Gasteiger partial charge on any atom is -0.368 e. The summed E-state index contributed by atoms with van der Waals surface area (Å²) in [5.41, 5.74) is 8.61. The van der Waals surface area contributed by atoms with Gasteiger partial charge in [0.05, 0.1) is 28.4 Å². The normalized spacial score (nSPS) is 25.3. The van der Waals surface area contributed by atoms with Crippen molar-refractivity contribution in [2.75, 3.05) is 24.6 Å². The molecule has 0 bridgehead atoms. The minimum atomic E-state index is -1.25. The molecule has 7 N–H and O–H groups in total. The lowest BCUT2D eigenvalue weighted by Gasteiger charge is -2.35. The molecule has 4 rings (SSSR count). The number of nitrogens with two attached hydrogens (primary N) is 1. The predicted molar refractivity (Wildman–Crippen MR) is 188 cm³/mol. The summed E-state index contributed by atoms with van der Waals surface area (Å²) < 4.78 is 0. The van der Waals surface area contributed by atoms with Gasteiger partial charge in [0.2, 0.25) is 41.4 Å². The van der Waals surface area contributed by atoms with E-state index in [9.17, 15) is 33.6 Å². The van der Waals surface area contributed by atoms with Gasteiger partial charge in [-0.2, -0.15) is 0 Å². The van der Waals surface area contributed by atoms with Gasteiger partial charge < -0.3 is 37.2 Å². The van der Waals surface area contributed by atoms with Crippen molar-refractivity contribution in [1.82, 2.24) is 36.5 Å². The van der Waals surface area contributed by atoms with Crippen LogP contribution in [0.25, 0.3) is 10.4 Å². The lowest BCUT2D eigenvalue weighted by Crippen LogP contribution is -2.58. The van der Waals surface area contributed by atoms with E-state index in [0.29, 0.717) is 18.4 Å². The molecule has 2 aliphatic heterocycles. The Morgan fingerprint density at radius 1 is 0.940 bits per heavy atom. The monoisotopic (exact) mass is 728 g/mol. The molecule has 2 aliphatic rings. The molecule has 0 radical (unpaired) electrons. The lowest BCUT2D eigenvalue weighted by atomic mass is 9.85. The molecule has 0 saturated carbocycles. The van der Waals surface area contributed by atoms with E-state index in [-0.39, 0.29) is 18.1 Å². The van der Waals surface area contributed by atoms with E-state index in [1.165, 1.54) is 23.2 Å². The van der Waals surface area contributed by atoms with Gasteiger partial charge in [0, 0.05) is 12.3 Å². The van der Waals surface area contributed by atoms with Crippen molar-refractivity contribution in [1.29, 1.82) is 0 Å². The summed E-state index contributed by atoms with van der Waals surface area (Å²) in [5.74, 6) is -4.61. The maximum absolute atomic E-state index is 14.0. The fraction of sp³-hybridized carbons (Fsp3) is 0.515. The van der Waals surface area contributed by atoms with Crippen LogP contribution in [0.3, 0.4) is 0 Å². The summed E-state index contributed by atoms with van der Waals surface area (Å²) >= 11 is 2.50. The zero-order valence-corrected chi connectivity index (χ0v) is 30.3. The number of carbonyl (C=O) groups is 7. The van der Waals surface area contributed by atoms with E-state index in [4.69, 9.17) is 5.73 Å². The molecule has 17 heteroatoms. The first-order chi connectivity index (χ1) is 23.6. The van der Waals surface area contributed by atoms with Crippen molar-refractivity contribution in [3.05, 3.63) is 41.0 Å². The molecule has 0 aliphatic carbocycles. The number of nitrogens with one attached hydrogen (secondary N) is 5. The number of aromatic nitrogens is 1. The molecule has 270 valence electrons. The number of rotatable bonds is 3. The van der Waals surface area contributed by atoms with Gasteiger partial charge >= 0.3 is 0 Å². The van der Waals surface area contributed by atoms with Crippen molar-refractivity contribution in [2.24, 2.45) is 11.1 Å². The van der Waals surface area contributed by atoms with E-state index in [2.05, 4.69) is 31.6 Å². The minimum absolute atomic E-state index is 0.0381. The van der Waals surface area contributed by atoms with E-state index < -0.39 is 83.5 Å². The van der Waals surface area contributed by atoms with Crippen molar-refractivity contribution in [3.8, 4) is 10.4 Å². The number of nitrogens with zero attached hydrogens (tertiary/aromatic N) is 2. The topological polar surface area (TPSA) is 222 Å². The standard InChI is InChI=1S/C33H44N8O7S2/c1-17-26(50-16-36-17)20-10-8-19(9-11-20)25-31(47)37-18(2)29(45)35-13-23(42)38-21(28(34)44)14-49-15-24(43)39-27(33(3,4)5)32(48)41-12-6-7-22(41)30(46)40-25/h8-11,16,18,21-22,25,27H,6-7,12-15H2,1-5H3,(H2,34,44)(H,35,45)(H,37,47)(H,38,42)(H,39,43)(H,40,46)/t18-,21-,22+,25-,27?/m1/s1. The number of benzene rings is 1. The molecule has 2 aromatic rings. The second-order valence-corrected chi connectivity index (χ2v) is 15.3. The van der Waals surface area contributed by atoms with E-state index in [1.54, 1.807) is 38.4 Å². The van der Waals surface area contributed by atoms with E-state index >= 15 is 0 Å². The highest BCUT2D eigenvalue weighted by Crippen LogP contribution is 2.30. The average Bonchev–Trinajstić information content (AvgIpc) is 3.72. The number of thioether (sulfide) groups is 1. The highest BCUT2D eigenvalue weighted by atomic mass is 32.2. The molecule has 1 aromatic carbocycles. The van der Waals surface area contributed by atoms with Crippen LogP contribution in [-0.2, 0) is 33.6 Å². The van der Waals surface area contributed by atoms with Crippen LogP contribution in [0, 0.1) is 12.3 Å². The number of aryl methyl sites for hydroxylation is 1. The molecular weight excluding hydrogens is 685 g/mol. The molecule has 2 saturated heterocycles. The SMILES string of the molecule is Cc1ncsc1-c1ccc([C@H]2NC(=O)[C@@H]3CCCN3C(=O)C(C(C)(C)C)NC(=O)CSC[C@H](C(N)=O)NC(=O)CNC(=O)[C@@H](C)NC2=O)cc1. The van der Waals surface area contributed by atoms with Gasteiger partial charge in [-0.05, 0) is 43.2 Å². The van der Waals surface area contributed by atoms with Crippen LogP contribution in [0.4, 0.5) is 0 Å². The average molecular weight is 729 g/mol. The van der Waals surface area contributed by atoms with Crippen LogP contribution < -0.4 is 32.3 Å². The first-order valence-corrected chi connectivity index (χ1v) is 18.3.